The molecule has 0 fully saturated rings. The lowest BCUT2D eigenvalue weighted by atomic mass is 10.1. The van der Waals surface area contributed by atoms with Gasteiger partial charge in [0.15, 0.2) is 0 Å². The van der Waals surface area contributed by atoms with Crippen molar-refractivity contribution in [2.45, 2.75) is 26.8 Å². The Morgan fingerprint density at radius 2 is 2.10 bits per heavy atom. The number of carbonyl (C=O) groups is 1. The molecule has 0 aliphatic rings. The van der Waals surface area contributed by atoms with E-state index in [1.165, 1.54) is 6.07 Å². The first-order chi connectivity index (χ1) is 9.93. The van der Waals surface area contributed by atoms with Crippen LogP contribution >= 0.6 is 0 Å². The maximum Gasteiger partial charge on any atom is 0.221 e. The van der Waals surface area contributed by atoms with Gasteiger partial charge in [0, 0.05) is 39.3 Å². The van der Waals surface area contributed by atoms with Crippen molar-refractivity contribution in [1.82, 2.24) is 10.6 Å². The second-order valence-corrected chi connectivity index (χ2v) is 5.64. The molecule has 21 heavy (non-hydrogen) atoms. The summed E-state index contributed by atoms with van der Waals surface area (Å²) in [5.41, 5.74) is 1.87. The molecule has 0 aliphatic carbocycles. The lowest BCUT2D eigenvalue weighted by Crippen LogP contribution is -2.28. The van der Waals surface area contributed by atoms with Crippen LogP contribution < -0.4 is 15.5 Å². The summed E-state index contributed by atoms with van der Waals surface area (Å²) in [6, 6.07) is 4.78. The second kappa shape index (κ2) is 8.62. The minimum atomic E-state index is -0.236. The topological polar surface area (TPSA) is 44.4 Å². The van der Waals surface area contributed by atoms with Gasteiger partial charge >= 0.3 is 0 Å². The van der Waals surface area contributed by atoms with Gasteiger partial charge in [0.05, 0.1) is 0 Å². The Labute approximate surface area is 126 Å². The predicted octanol–water partition coefficient (Wildman–Crippen LogP) is 2.14. The third kappa shape index (κ3) is 6.12. The molecule has 1 aromatic rings. The SMILES string of the molecule is CNC(=O)CCN(C)c1ccc(F)cc1CNCC(C)C. The molecule has 0 aliphatic heterocycles. The molecular formula is C16H26FN3O. The highest BCUT2D eigenvalue weighted by Crippen LogP contribution is 2.21. The summed E-state index contributed by atoms with van der Waals surface area (Å²) in [4.78, 5) is 13.3. The van der Waals surface area contributed by atoms with Gasteiger partial charge in [-0.2, -0.15) is 0 Å². The van der Waals surface area contributed by atoms with E-state index in [2.05, 4.69) is 24.5 Å². The summed E-state index contributed by atoms with van der Waals surface area (Å²) in [6.07, 6.45) is 0.420. The Hall–Kier alpha value is -1.62. The van der Waals surface area contributed by atoms with Gasteiger partial charge < -0.3 is 15.5 Å². The first-order valence-corrected chi connectivity index (χ1v) is 7.35. The van der Waals surface area contributed by atoms with Crippen LogP contribution in [0, 0.1) is 11.7 Å². The standard InChI is InChI=1S/C16H26FN3O/c1-12(2)10-19-11-13-9-14(17)5-6-15(13)20(4)8-7-16(21)18-3/h5-6,9,12,19H,7-8,10-11H2,1-4H3,(H,18,21). The number of anilines is 1. The van der Waals surface area contributed by atoms with Gasteiger partial charge in [0.1, 0.15) is 5.82 Å². The van der Waals surface area contributed by atoms with Crippen LogP contribution in [0.2, 0.25) is 0 Å². The third-order valence-corrected chi connectivity index (χ3v) is 3.27. The van der Waals surface area contributed by atoms with Gasteiger partial charge in [-0.05, 0) is 36.2 Å². The molecule has 0 aromatic heterocycles. The molecule has 1 amide bonds. The predicted molar refractivity (Wildman–Crippen MR) is 84.9 cm³/mol. The highest BCUT2D eigenvalue weighted by Gasteiger charge is 2.10. The zero-order chi connectivity index (χ0) is 15.8. The van der Waals surface area contributed by atoms with Crippen LogP contribution in [0.5, 0.6) is 0 Å². The normalized spacial score (nSPS) is 10.8. The summed E-state index contributed by atoms with van der Waals surface area (Å²) in [5.74, 6) is 0.316. The van der Waals surface area contributed by atoms with Gasteiger partial charge in [0.2, 0.25) is 5.91 Å². The maximum absolute atomic E-state index is 13.5. The van der Waals surface area contributed by atoms with E-state index >= 15 is 0 Å². The van der Waals surface area contributed by atoms with Crippen LogP contribution in [0.25, 0.3) is 0 Å². The molecule has 1 rings (SSSR count). The van der Waals surface area contributed by atoms with Gasteiger partial charge in [-0.3, -0.25) is 4.79 Å². The molecule has 0 saturated heterocycles. The molecular weight excluding hydrogens is 269 g/mol. The van der Waals surface area contributed by atoms with Gasteiger partial charge in [0.25, 0.3) is 0 Å². The molecule has 5 heteroatoms. The Balaban J connectivity index is 2.72. The highest BCUT2D eigenvalue weighted by molar-refractivity contribution is 5.76. The first-order valence-electron chi connectivity index (χ1n) is 7.35. The molecule has 0 radical (unpaired) electrons. The third-order valence-electron chi connectivity index (χ3n) is 3.27. The van der Waals surface area contributed by atoms with Crippen molar-refractivity contribution in [1.29, 1.82) is 0 Å². The van der Waals surface area contributed by atoms with Crippen molar-refractivity contribution in [2.75, 3.05) is 32.1 Å². The number of nitrogens with zero attached hydrogens (tertiary/aromatic N) is 1. The lowest BCUT2D eigenvalue weighted by Gasteiger charge is -2.22. The van der Waals surface area contributed by atoms with Gasteiger partial charge in [-0.1, -0.05) is 13.8 Å². The zero-order valence-electron chi connectivity index (χ0n) is 13.4. The maximum atomic E-state index is 13.5. The quantitative estimate of drug-likeness (QED) is 0.772. The second-order valence-electron chi connectivity index (χ2n) is 5.64. The minimum absolute atomic E-state index is 0.00319. The van der Waals surface area contributed by atoms with E-state index in [9.17, 15) is 9.18 Å². The first kappa shape index (κ1) is 17.4. The van der Waals surface area contributed by atoms with Gasteiger partial charge in [-0.25, -0.2) is 4.39 Å². The smallest absolute Gasteiger partial charge is 0.221 e. The fraction of sp³-hybridized carbons (Fsp3) is 0.562. The number of hydrogen-bond acceptors (Lipinski definition) is 3. The van der Waals surface area contributed by atoms with E-state index < -0.39 is 0 Å². The van der Waals surface area contributed by atoms with E-state index in [-0.39, 0.29) is 11.7 Å². The summed E-state index contributed by atoms with van der Waals surface area (Å²) in [5, 5.41) is 5.93. The largest absolute Gasteiger partial charge is 0.374 e. The molecule has 118 valence electrons. The van der Waals surface area contributed by atoms with E-state index in [0.29, 0.717) is 25.4 Å². The zero-order valence-corrected chi connectivity index (χ0v) is 13.4. The number of benzene rings is 1. The molecule has 4 nitrogen and oxygen atoms in total. The fourth-order valence-electron chi connectivity index (χ4n) is 2.08. The van der Waals surface area contributed by atoms with E-state index in [1.807, 2.05) is 11.9 Å². The van der Waals surface area contributed by atoms with Crippen molar-refractivity contribution in [2.24, 2.45) is 5.92 Å². The van der Waals surface area contributed by atoms with Crippen molar-refractivity contribution in [3.63, 3.8) is 0 Å². The average Bonchev–Trinajstić information content (AvgIpc) is 2.44. The van der Waals surface area contributed by atoms with Crippen LogP contribution in [0.1, 0.15) is 25.8 Å². The number of carbonyl (C=O) groups excluding carboxylic acids is 1. The van der Waals surface area contributed by atoms with E-state index in [1.54, 1.807) is 19.2 Å². The molecule has 0 saturated carbocycles. The Kier molecular flexibility index (Phi) is 7.15. The van der Waals surface area contributed by atoms with Gasteiger partial charge in [-0.15, -0.1) is 0 Å². The van der Waals surface area contributed by atoms with Crippen LogP contribution in [0.4, 0.5) is 10.1 Å². The molecule has 2 N–H and O–H groups in total. The minimum Gasteiger partial charge on any atom is -0.374 e. The van der Waals surface area contributed by atoms with Crippen molar-refractivity contribution in [3.8, 4) is 0 Å². The average molecular weight is 295 g/mol. The molecule has 0 spiro atoms. The van der Waals surface area contributed by atoms with Crippen LogP contribution in [0.3, 0.4) is 0 Å². The lowest BCUT2D eigenvalue weighted by molar-refractivity contribution is -0.120. The number of rotatable bonds is 8. The summed E-state index contributed by atoms with van der Waals surface area (Å²) in [7, 11) is 3.55. The van der Waals surface area contributed by atoms with Crippen LogP contribution in [-0.2, 0) is 11.3 Å². The van der Waals surface area contributed by atoms with Crippen LogP contribution in [0.15, 0.2) is 18.2 Å². The Morgan fingerprint density at radius 1 is 1.38 bits per heavy atom. The fourth-order valence-corrected chi connectivity index (χ4v) is 2.08. The van der Waals surface area contributed by atoms with Crippen molar-refractivity contribution < 1.29 is 9.18 Å². The highest BCUT2D eigenvalue weighted by atomic mass is 19.1. The summed E-state index contributed by atoms with van der Waals surface area (Å²) >= 11 is 0. The van der Waals surface area contributed by atoms with Crippen molar-refractivity contribution >= 4 is 11.6 Å². The summed E-state index contributed by atoms with van der Waals surface area (Å²) < 4.78 is 13.5. The van der Waals surface area contributed by atoms with Crippen LogP contribution in [-0.4, -0.2) is 33.1 Å². The molecule has 1 aromatic carbocycles. The summed E-state index contributed by atoms with van der Waals surface area (Å²) in [6.45, 7) is 6.37. The molecule has 0 unspecified atom stereocenters. The Bertz CT molecular complexity index is 463. The Morgan fingerprint density at radius 3 is 2.71 bits per heavy atom. The number of amides is 1. The molecule has 0 atom stereocenters. The van der Waals surface area contributed by atoms with E-state index in [4.69, 9.17) is 0 Å². The number of hydrogen-bond donors (Lipinski definition) is 2. The van der Waals surface area contributed by atoms with Crippen molar-refractivity contribution in [3.05, 3.63) is 29.6 Å². The molecule has 0 heterocycles. The number of halogens is 1. The van der Waals surface area contributed by atoms with E-state index in [0.717, 1.165) is 17.8 Å². The molecule has 0 bridgehead atoms. The monoisotopic (exact) mass is 295 g/mol. The number of nitrogens with one attached hydrogen (secondary N) is 2.